The van der Waals surface area contributed by atoms with Gasteiger partial charge < -0.3 is 29.6 Å². The summed E-state index contributed by atoms with van der Waals surface area (Å²) in [5.74, 6) is 0.845. The van der Waals surface area contributed by atoms with Crippen LogP contribution in [0.1, 0.15) is 61.9 Å². The maximum Gasteiger partial charge on any atom is 0.329 e. The summed E-state index contributed by atoms with van der Waals surface area (Å²) in [6.07, 6.45) is 0.464. The third kappa shape index (κ3) is 7.48. The molecule has 45 heavy (non-hydrogen) atoms. The van der Waals surface area contributed by atoms with Crippen LogP contribution in [0.2, 0.25) is 0 Å². The van der Waals surface area contributed by atoms with Gasteiger partial charge in [-0.05, 0) is 69.5 Å². The maximum atomic E-state index is 13.2. The number of aromatic nitrogens is 4. The average Bonchev–Trinajstić information content (AvgIpc) is 3.32. The second-order valence-electron chi connectivity index (χ2n) is 10.8. The molecule has 1 unspecified atom stereocenters. The summed E-state index contributed by atoms with van der Waals surface area (Å²) >= 11 is 0. The molecule has 2 aromatic heterocycles. The minimum absolute atomic E-state index is 0.0409. The fourth-order valence-corrected chi connectivity index (χ4v) is 4.71. The molecule has 0 aliphatic heterocycles. The Hall–Kier alpha value is -5.20. The minimum Gasteiger partial charge on any atom is -0.490 e. The van der Waals surface area contributed by atoms with Crippen molar-refractivity contribution in [3.05, 3.63) is 59.4 Å². The van der Waals surface area contributed by atoms with Crippen molar-refractivity contribution >= 4 is 28.9 Å². The van der Waals surface area contributed by atoms with Crippen molar-refractivity contribution in [2.45, 2.75) is 47.1 Å². The molecule has 13 heteroatoms. The first-order valence-corrected chi connectivity index (χ1v) is 14.6. The molecular weight excluding hydrogens is 578 g/mol. The number of aryl methyl sites for hydroxylation is 1. The summed E-state index contributed by atoms with van der Waals surface area (Å²) in [4.78, 5) is 41.3. The van der Waals surface area contributed by atoms with E-state index in [1.165, 1.54) is 4.90 Å². The van der Waals surface area contributed by atoms with E-state index in [4.69, 9.17) is 35.1 Å². The van der Waals surface area contributed by atoms with E-state index in [9.17, 15) is 9.59 Å². The minimum atomic E-state index is -0.730. The molecule has 4 aromatic rings. The van der Waals surface area contributed by atoms with Crippen molar-refractivity contribution in [3.63, 3.8) is 0 Å². The molecule has 0 aliphatic carbocycles. The van der Waals surface area contributed by atoms with Gasteiger partial charge in [0.25, 0.3) is 11.8 Å². The molecule has 1 amide bonds. The molecule has 4 rings (SSSR count). The Bertz CT molecular complexity index is 1720. The van der Waals surface area contributed by atoms with Gasteiger partial charge in [0.1, 0.15) is 23.5 Å². The van der Waals surface area contributed by atoms with Crippen LogP contribution in [0.25, 0.3) is 11.2 Å². The van der Waals surface area contributed by atoms with E-state index in [1.807, 2.05) is 20.8 Å². The SMILES string of the molecule is CCOC(=O)C(CC(C)C)n1c(C)nc2c(Oc3cccc(C(=O)N(C)C)c3)nc(Oc3cc(C(=N)N)ccc3OCC)nc21. The Morgan fingerprint density at radius 3 is 2.38 bits per heavy atom. The van der Waals surface area contributed by atoms with Crippen molar-refractivity contribution < 1.29 is 28.5 Å². The number of imidazole rings is 1. The molecule has 0 saturated heterocycles. The zero-order valence-corrected chi connectivity index (χ0v) is 26.6. The van der Waals surface area contributed by atoms with Crippen LogP contribution < -0.4 is 19.9 Å². The number of rotatable bonds is 13. The molecular formula is C32H39N7O6. The number of nitrogen functional groups attached to an aromatic ring is 1. The first kappa shape index (κ1) is 32.7. The molecule has 3 N–H and O–H groups in total. The Kier molecular flexibility index (Phi) is 10.2. The number of carbonyl (C=O) groups excluding carboxylic acids is 2. The predicted molar refractivity (Wildman–Crippen MR) is 168 cm³/mol. The third-order valence-electron chi connectivity index (χ3n) is 6.69. The van der Waals surface area contributed by atoms with Gasteiger partial charge in [-0.15, -0.1) is 0 Å². The molecule has 0 fully saturated rings. The van der Waals surface area contributed by atoms with Gasteiger partial charge in [0.05, 0.1) is 13.2 Å². The van der Waals surface area contributed by atoms with Crippen molar-refractivity contribution in [2.24, 2.45) is 11.7 Å². The van der Waals surface area contributed by atoms with Gasteiger partial charge in [0, 0.05) is 25.2 Å². The second kappa shape index (κ2) is 14.1. The van der Waals surface area contributed by atoms with Crippen LogP contribution in [-0.2, 0) is 9.53 Å². The van der Waals surface area contributed by atoms with Gasteiger partial charge >= 0.3 is 12.0 Å². The molecule has 0 radical (unpaired) electrons. The largest absolute Gasteiger partial charge is 0.490 e. The van der Waals surface area contributed by atoms with E-state index in [0.29, 0.717) is 41.5 Å². The smallest absolute Gasteiger partial charge is 0.329 e. The highest BCUT2D eigenvalue weighted by Gasteiger charge is 2.30. The molecule has 13 nitrogen and oxygen atoms in total. The summed E-state index contributed by atoms with van der Waals surface area (Å²) in [5, 5.41) is 7.88. The van der Waals surface area contributed by atoms with Gasteiger partial charge in [-0.2, -0.15) is 9.97 Å². The summed E-state index contributed by atoms with van der Waals surface area (Å²) in [5.41, 5.74) is 7.14. The number of hydrogen-bond donors (Lipinski definition) is 2. The van der Waals surface area contributed by atoms with E-state index in [1.54, 1.807) is 75.0 Å². The monoisotopic (exact) mass is 617 g/mol. The first-order chi connectivity index (χ1) is 21.4. The van der Waals surface area contributed by atoms with Gasteiger partial charge in [0.2, 0.25) is 0 Å². The molecule has 2 heterocycles. The Labute approximate surface area is 261 Å². The number of ether oxygens (including phenoxy) is 4. The topological polar surface area (TPSA) is 168 Å². The fraction of sp³-hybridized carbons (Fsp3) is 0.375. The van der Waals surface area contributed by atoms with Gasteiger partial charge in [-0.25, -0.2) is 9.78 Å². The van der Waals surface area contributed by atoms with Crippen LogP contribution in [-0.4, -0.2) is 69.4 Å². The van der Waals surface area contributed by atoms with E-state index in [0.717, 1.165) is 0 Å². The highest BCUT2D eigenvalue weighted by Crippen LogP contribution is 2.36. The highest BCUT2D eigenvalue weighted by atomic mass is 16.5. The molecule has 1 atom stereocenters. The Morgan fingerprint density at radius 2 is 1.73 bits per heavy atom. The van der Waals surface area contributed by atoms with Crippen molar-refractivity contribution in [1.29, 1.82) is 5.41 Å². The molecule has 0 saturated carbocycles. The zero-order chi connectivity index (χ0) is 32.8. The van der Waals surface area contributed by atoms with Gasteiger partial charge in [0.15, 0.2) is 22.7 Å². The number of benzene rings is 2. The number of nitrogens with zero attached hydrogens (tertiary/aromatic N) is 5. The van der Waals surface area contributed by atoms with Gasteiger partial charge in [-0.3, -0.25) is 14.8 Å². The zero-order valence-electron chi connectivity index (χ0n) is 26.6. The van der Waals surface area contributed by atoms with Crippen molar-refractivity contribution in [3.8, 4) is 29.1 Å². The van der Waals surface area contributed by atoms with E-state index in [2.05, 4.69) is 9.97 Å². The highest BCUT2D eigenvalue weighted by molar-refractivity contribution is 5.95. The number of amidine groups is 1. The summed E-state index contributed by atoms with van der Waals surface area (Å²) < 4.78 is 25.3. The fourth-order valence-electron chi connectivity index (χ4n) is 4.71. The molecule has 238 valence electrons. The van der Waals surface area contributed by atoms with E-state index in [-0.39, 0.29) is 53.1 Å². The quantitative estimate of drug-likeness (QED) is 0.115. The molecule has 0 bridgehead atoms. The second-order valence-corrected chi connectivity index (χ2v) is 10.8. The van der Waals surface area contributed by atoms with Crippen molar-refractivity contribution in [2.75, 3.05) is 27.3 Å². The molecule has 0 spiro atoms. The normalized spacial score (nSPS) is 11.7. The number of carbonyl (C=O) groups is 2. The van der Waals surface area contributed by atoms with Crippen molar-refractivity contribution in [1.82, 2.24) is 24.4 Å². The van der Waals surface area contributed by atoms with Crippen LogP contribution in [0.4, 0.5) is 0 Å². The van der Waals surface area contributed by atoms with Crippen LogP contribution in [0.15, 0.2) is 42.5 Å². The standard InChI is InChI=1S/C32H39N7O6/c1-8-42-24-14-13-20(27(33)34)17-25(24)45-32-36-28-26(35-19(5)39(28)23(15-18(3)4)31(41)43-9-2)29(37-32)44-22-12-10-11-21(16-22)30(40)38(6)7/h10-14,16-18,23H,8-9,15H2,1-7H3,(H3,33,34). The summed E-state index contributed by atoms with van der Waals surface area (Å²) in [6, 6.07) is 10.7. The van der Waals surface area contributed by atoms with Crippen LogP contribution in [0.3, 0.4) is 0 Å². The molecule has 2 aromatic carbocycles. The van der Waals surface area contributed by atoms with Crippen LogP contribution >= 0.6 is 0 Å². The van der Waals surface area contributed by atoms with E-state index < -0.39 is 12.0 Å². The first-order valence-electron chi connectivity index (χ1n) is 14.6. The lowest BCUT2D eigenvalue weighted by atomic mass is 10.0. The number of nitrogens with one attached hydrogen (secondary N) is 1. The van der Waals surface area contributed by atoms with Gasteiger partial charge in [-0.1, -0.05) is 19.9 Å². The lowest BCUT2D eigenvalue weighted by Crippen LogP contribution is -2.25. The average molecular weight is 618 g/mol. The van der Waals surface area contributed by atoms with E-state index >= 15 is 0 Å². The maximum absolute atomic E-state index is 13.2. The number of nitrogens with two attached hydrogens (primary N) is 1. The summed E-state index contributed by atoms with van der Waals surface area (Å²) in [7, 11) is 3.33. The predicted octanol–water partition coefficient (Wildman–Crippen LogP) is 5.25. The third-order valence-corrected chi connectivity index (χ3v) is 6.69. The van der Waals surface area contributed by atoms with Crippen LogP contribution in [0.5, 0.6) is 29.1 Å². The van der Waals surface area contributed by atoms with Crippen LogP contribution in [0, 0.1) is 18.3 Å². The Balaban J connectivity index is 1.92. The number of amides is 1. The lowest BCUT2D eigenvalue weighted by molar-refractivity contribution is -0.147. The summed E-state index contributed by atoms with van der Waals surface area (Å²) in [6.45, 7) is 9.94. The number of esters is 1. The molecule has 0 aliphatic rings. The Morgan fingerprint density at radius 1 is 0.978 bits per heavy atom. The lowest BCUT2D eigenvalue weighted by Gasteiger charge is -2.21. The number of hydrogen-bond acceptors (Lipinski definition) is 10. The number of fused-ring (bicyclic) bond motifs is 1.